The van der Waals surface area contributed by atoms with Gasteiger partial charge < -0.3 is 23.8 Å². The van der Waals surface area contributed by atoms with E-state index in [4.69, 9.17) is 18.9 Å². The topological polar surface area (TPSA) is 57.2 Å². The van der Waals surface area contributed by atoms with Crippen LogP contribution in [0.15, 0.2) is 36.4 Å². The second-order valence-electron chi connectivity index (χ2n) is 6.25. The fourth-order valence-electron chi connectivity index (χ4n) is 3.13. The molecule has 0 saturated carbocycles. The molecule has 2 aromatic carbocycles. The molecule has 6 nitrogen and oxygen atoms in total. The van der Waals surface area contributed by atoms with E-state index in [0.717, 1.165) is 11.1 Å². The van der Waals surface area contributed by atoms with Crippen LogP contribution in [0.2, 0.25) is 0 Å². The van der Waals surface area contributed by atoms with Crippen LogP contribution >= 0.6 is 0 Å². The number of ether oxygens (including phenoxy) is 4. The van der Waals surface area contributed by atoms with Gasteiger partial charge in [-0.3, -0.25) is 4.79 Å². The summed E-state index contributed by atoms with van der Waals surface area (Å²) < 4.78 is 21.4. The number of benzene rings is 2. The summed E-state index contributed by atoms with van der Waals surface area (Å²) in [5.74, 6) is 2.77. The molecule has 2 aromatic rings. The van der Waals surface area contributed by atoms with Crippen molar-refractivity contribution in [1.82, 2.24) is 4.90 Å². The lowest BCUT2D eigenvalue weighted by Crippen LogP contribution is -2.30. The van der Waals surface area contributed by atoms with Crippen molar-refractivity contribution in [2.24, 2.45) is 0 Å². The molecular weight excluding hydrogens is 358 g/mol. The van der Waals surface area contributed by atoms with E-state index in [-0.39, 0.29) is 5.91 Å². The highest BCUT2D eigenvalue weighted by molar-refractivity contribution is 5.76. The van der Waals surface area contributed by atoms with Gasteiger partial charge in [0.1, 0.15) is 0 Å². The number of amides is 1. The first kappa shape index (κ1) is 21.4. The average molecular weight is 387 g/mol. The first-order valence-electron chi connectivity index (χ1n) is 9.26. The number of carbonyl (C=O) groups is 1. The minimum atomic E-state index is 0.0853. The summed E-state index contributed by atoms with van der Waals surface area (Å²) in [5.41, 5.74) is 1.95. The Balaban J connectivity index is 2.06. The molecule has 0 radical (unpaired) electrons. The zero-order valence-electron chi connectivity index (χ0n) is 17.3. The maximum absolute atomic E-state index is 12.8. The van der Waals surface area contributed by atoms with E-state index in [0.29, 0.717) is 48.9 Å². The van der Waals surface area contributed by atoms with Gasteiger partial charge in [-0.25, -0.2) is 0 Å². The Hall–Kier alpha value is -2.89. The van der Waals surface area contributed by atoms with Crippen molar-refractivity contribution in [2.75, 3.05) is 35.0 Å². The van der Waals surface area contributed by atoms with Crippen molar-refractivity contribution < 1.29 is 23.7 Å². The Bertz CT molecular complexity index is 790. The summed E-state index contributed by atoms with van der Waals surface area (Å²) in [4.78, 5) is 14.6. The molecule has 0 aliphatic rings. The van der Waals surface area contributed by atoms with Gasteiger partial charge in [-0.2, -0.15) is 0 Å². The van der Waals surface area contributed by atoms with Crippen molar-refractivity contribution in [3.05, 3.63) is 47.5 Å². The van der Waals surface area contributed by atoms with Crippen LogP contribution in [-0.2, 0) is 17.8 Å². The maximum atomic E-state index is 12.8. The third-order valence-electron chi connectivity index (χ3n) is 4.65. The molecule has 0 aliphatic heterocycles. The van der Waals surface area contributed by atoms with Gasteiger partial charge in [-0.05, 0) is 42.7 Å². The van der Waals surface area contributed by atoms with Crippen LogP contribution in [0.3, 0.4) is 0 Å². The number of carbonyl (C=O) groups excluding carboxylic acids is 1. The second kappa shape index (κ2) is 10.4. The van der Waals surface area contributed by atoms with E-state index in [1.165, 1.54) is 0 Å². The van der Waals surface area contributed by atoms with Crippen molar-refractivity contribution in [1.29, 1.82) is 0 Å². The van der Waals surface area contributed by atoms with Gasteiger partial charge in [0.2, 0.25) is 5.91 Å². The van der Waals surface area contributed by atoms with Gasteiger partial charge in [0.15, 0.2) is 23.0 Å². The highest BCUT2D eigenvalue weighted by atomic mass is 16.5. The van der Waals surface area contributed by atoms with Gasteiger partial charge in [0, 0.05) is 19.5 Å². The number of rotatable bonds is 10. The molecule has 0 fully saturated rings. The molecule has 2 rings (SSSR count). The number of hydrogen-bond acceptors (Lipinski definition) is 5. The summed E-state index contributed by atoms with van der Waals surface area (Å²) >= 11 is 0. The number of methoxy groups -OCH3 is 4. The Morgan fingerprint density at radius 1 is 0.893 bits per heavy atom. The standard InChI is InChI=1S/C22H29NO5/c1-6-23(15-16-10-12-18(25-2)20(14-16)27-4)21(24)13-11-17-8-7-9-19(26-3)22(17)28-5/h7-10,12,14H,6,11,13,15H2,1-5H3. The Kier molecular flexibility index (Phi) is 7.99. The number of nitrogens with zero attached hydrogens (tertiary/aromatic N) is 1. The zero-order chi connectivity index (χ0) is 20.5. The van der Waals surface area contributed by atoms with E-state index in [1.54, 1.807) is 28.4 Å². The zero-order valence-corrected chi connectivity index (χ0v) is 17.3. The largest absolute Gasteiger partial charge is 0.493 e. The summed E-state index contributed by atoms with van der Waals surface area (Å²) in [6, 6.07) is 11.4. The molecule has 0 N–H and O–H groups in total. The maximum Gasteiger partial charge on any atom is 0.223 e. The molecule has 0 spiro atoms. The second-order valence-corrected chi connectivity index (χ2v) is 6.25. The van der Waals surface area contributed by atoms with Gasteiger partial charge in [-0.15, -0.1) is 0 Å². The van der Waals surface area contributed by atoms with Crippen LogP contribution in [0.5, 0.6) is 23.0 Å². The fraction of sp³-hybridized carbons (Fsp3) is 0.409. The Morgan fingerprint density at radius 3 is 2.21 bits per heavy atom. The van der Waals surface area contributed by atoms with Crippen molar-refractivity contribution in [2.45, 2.75) is 26.3 Å². The lowest BCUT2D eigenvalue weighted by molar-refractivity contribution is -0.131. The average Bonchev–Trinajstić information content (AvgIpc) is 2.74. The predicted octanol–water partition coefficient (Wildman–Crippen LogP) is 3.70. The third-order valence-corrected chi connectivity index (χ3v) is 4.65. The molecule has 0 atom stereocenters. The summed E-state index contributed by atoms with van der Waals surface area (Å²) in [5, 5.41) is 0. The van der Waals surface area contributed by atoms with Crippen LogP contribution in [0.4, 0.5) is 0 Å². The van der Waals surface area contributed by atoms with Crippen LogP contribution in [-0.4, -0.2) is 45.8 Å². The van der Waals surface area contributed by atoms with Crippen LogP contribution in [0.25, 0.3) is 0 Å². The van der Waals surface area contributed by atoms with Gasteiger partial charge >= 0.3 is 0 Å². The lowest BCUT2D eigenvalue weighted by Gasteiger charge is -2.22. The minimum absolute atomic E-state index is 0.0853. The van der Waals surface area contributed by atoms with E-state index in [1.807, 2.05) is 48.2 Å². The van der Waals surface area contributed by atoms with Crippen molar-refractivity contribution in [3.8, 4) is 23.0 Å². The first-order valence-corrected chi connectivity index (χ1v) is 9.26. The highest BCUT2D eigenvalue weighted by Gasteiger charge is 2.16. The number of para-hydroxylation sites is 1. The molecule has 0 unspecified atom stereocenters. The smallest absolute Gasteiger partial charge is 0.223 e. The Labute approximate surface area is 167 Å². The van der Waals surface area contributed by atoms with Crippen molar-refractivity contribution >= 4 is 5.91 Å². The number of hydrogen-bond donors (Lipinski definition) is 0. The monoisotopic (exact) mass is 387 g/mol. The van der Waals surface area contributed by atoms with Crippen LogP contribution in [0.1, 0.15) is 24.5 Å². The highest BCUT2D eigenvalue weighted by Crippen LogP contribution is 2.32. The summed E-state index contributed by atoms with van der Waals surface area (Å²) in [6.07, 6.45) is 0.978. The molecule has 0 aliphatic carbocycles. The van der Waals surface area contributed by atoms with Crippen LogP contribution < -0.4 is 18.9 Å². The van der Waals surface area contributed by atoms with E-state index in [2.05, 4.69) is 0 Å². The molecule has 0 bridgehead atoms. The first-order chi connectivity index (χ1) is 13.6. The molecule has 0 saturated heterocycles. The van der Waals surface area contributed by atoms with E-state index >= 15 is 0 Å². The Morgan fingerprint density at radius 2 is 1.61 bits per heavy atom. The molecule has 6 heteroatoms. The van der Waals surface area contributed by atoms with Gasteiger partial charge in [0.25, 0.3) is 0 Å². The summed E-state index contributed by atoms with van der Waals surface area (Å²) in [6.45, 7) is 3.12. The van der Waals surface area contributed by atoms with Gasteiger partial charge in [0.05, 0.1) is 28.4 Å². The fourth-order valence-corrected chi connectivity index (χ4v) is 3.13. The van der Waals surface area contributed by atoms with Gasteiger partial charge in [-0.1, -0.05) is 18.2 Å². The molecular formula is C22H29NO5. The summed E-state index contributed by atoms with van der Waals surface area (Å²) in [7, 11) is 6.42. The normalized spacial score (nSPS) is 10.3. The molecule has 0 heterocycles. The molecule has 1 amide bonds. The van der Waals surface area contributed by atoms with Crippen molar-refractivity contribution in [3.63, 3.8) is 0 Å². The molecule has 28 heavy (non-hydrogen) atoms. The minimum Gasteiger partial charge on any atom is -0.493 e. The number of aryl methyl sites for hydroxylation is 1. The lowest BCUT2D eigenvalue weighted by atomic mass is 10.1. The quantitative estimate of drug-likeness (QED) is 0.622. The van der Waals surface area contributed by atoms with E-state index in [9.17, 15) is 4.79 Å². The molecule has 0 aromatic heterocycles. The SMILES string of the molecule is CCN(Cc1ccc(OC)c(OC)c1)C(=O)CCc1cccc(OC)c1OC. The predicted molar refractivity (Wildman–Crippen MR) is 109 cm³/mol. The third kappa shape index (κ3) is 5.09. The van der Waals surface area contributed by atoms with Crippen LogP contribution in [0, 0.1) is 0 Å². The molecule has 152 valence electrons. The van der Waals surface area contributed by atoms with E-state index < -0.39 is 0 Å².